The van der Waals surface area contributed by atoms with Crippen molar-refractivity contribution in [1.82, 2.24) is 9.78 Å². The van der Waals surface area contributed by atoms with Crippen LogP contribution in [-0.2, 0) is 25.8 Å². The van der Waals surface area contributed by atoms with Crippen LogP contribution in [0.15, 0.2) is 24.3 Å². The van der Waals surface area contributed by atoms with Crippen LogP contribution in [0.2, 0.25) is 5.02 Å². The summed E-state index contributed by atoms with van der Waals surface area (Å²) >= 11 is 6.39. The van der Waals surface area contributed by atoms with Gasteiger partial charge >= 0.3 is 0 Å². The van der Waals surface area contributed by atoms with Crippen molar-refractivity contribution in [1.29, 1.82) is 0 Å². The normalized spacial score (nSPS) is 12.6. The van der Waals surface area contributed by atoms with E-state index >= 15 is 0 Å². The first-order chi connectivity index (χ1) is 10.1. The number of aliphatic hydroxyl groups is 1. The molecule has 2 aromatic rings. The highest BCUT2D eigenvalue weighted by molar-refractivity contribution is 6.31. The zero-order valence-electron chi connectivity index (χ0n) is 12.9. The predicted molar refractivity (Wildman–Crippen MR) is 86.9 cm³/mol. The second kappa shape index (κ2) is 7.10. The Hall–Kier alpha value is -1.32. The summed E-state index contributed by atoms with van der Waals surface area (Å²) in [6.45, 7) is 6.92. The maximum Gasteiger partial charge on any atom is 0.0850 e. The molecule has 0 spiro atoms. The number of hydrogen-bond acceptors (Lipinski definition) is 2. The lowest BCUT2D eigenvalue weighted by molar-refractivity contribution is 0.172. The fourth-order valence-corrected chi connectivity index (χ4v) is 2.95. The van der Waals surface area contributed by atoms with Crippen molar-refractivity contribution in [3.63, 3.8) is 0 Å². The van der Waals surface area contributed by atoms with Gasteiger partial charge in [0.1, 0.15) is 0 Å². The number of aliphatic hydroxyl groups excluding tert-OH is 1. The summed E-state index contributed by atoms with van der Waals surface area (Å²) in [5.41, 5.74) is 4.24. The van der Waals surface area contributed by atoms with Gasteiger partial charge in [-0.25, -0.2) is 0 Å². The van der Waals surface area contributed by atoms with E-state index in [1.165, 1.54) is 11.1 Å². The standard InChI is InChI=1S/C17H23ClN2O/c1-4-15-17(18)16(20(5-2)19-15)11-14(21)10-13-9-7-6-8-12(13)3/h6-9,14,21H,4-5,10-11H2,1-3H3. The fourth-order valence-electron chi connectivity index (χ4n) is 2.60. The smallest absolute Gasteiger partial charge is 0.0850 e. The first-order valence-corrected chi connectivity index (χ1v) is 7.91. The number of hydrogen-bond donors (Lipinski definition) is 1. The van der Waals surface area contributed by atoms with Crippen molar-refractivity contribution in [2.24, 2.45) is 0 Å². The van der Waals surface area contributed by atoms with Crippen LogP contribution in [0.1, 0.15) is 36.4 Å². The van der Waals surface area contributed by atoms with Crippen molar-refractivity contribution in [2.45, 2.75) is 52.7 Å². The van der Waals surface area contributed by atoms with Crippen LogP contribution in [-0.4, -0.2) is 21.0 Å². The lowest BCUT2D eigenvalue weighted by Gasteiger charge is -2.13. The van der Waals surface area contributed by atoms with Gasteiger partial charge in [-0.05, 0) is 37.8 Å². The van der Waals surface area contributed by atoms with E-state index in [2.05, 4.69) is 24.2 Å². The quantitative estimate of drug-likeness (QED) is 0.886. The molecule has 4 heteroatoms. The highest BCUT2D eigenvalue weighted by Gasteiger charge is 2.18. The molecule has 0 aliphatic rings. The number of rotatable bonds is 6. The molecule has 1 aromatic heterocycles. The Balaban J connectivity index is 2.14. The number of aromatic nitrogens is 2. The van der Waals surface area contributed by atoms with Gasteiger partial charge in [0.25, 0.3) is 0 Å². The average molecular weight is 307 g/mol. The van der Waals surface area contributed by atoms with E-state index in [0.717, 1.165) is 24.4 Å². The van der Waals surface area contributed by atoms with Gasteiger partial charge in [-0.1, -0.05) is 42.8 Å². The molecule has 1 heterocycles. The van der Waals surface area contributed by atoms with E-state index in [-0.39, 0.29) is 0 Å². The van der Waals surface area contributed by atoms with Crippen molar-refractivity contribution >= 4 is 11.6 Å². The Morgan fingerprint density at radius 2 is 1.95 bits per heavy atom. The molecule has 0 radical (unpaired) electrons. The van der Waals surface area contributed by atoms with Crippen LogP contribution in [0.3, 0.4) is 0 Å². The molecule has 0 saturated carbocycles. The second-order valence-corrected chi connectivity index (χ2v) is 5.74. The van der Waals surface area contributed by atoms with Crippen LogP contribution in [0.4, 0.5) is 0 Å². The van der Waals surface area contributed by atoms with E-state index in [1.54, 1.807) is 0 Å². The first kappa shape index (κ1) is 16.1. The molecule has 1 N–H and O–H groups in total. The largest absolute Gasteiger partial charge is 0.392 e. The summed E-state index contributed by atoms with van der Waals surface area (Å²) in [5.74, 6) is 0. The molecule has 2 rings (SSSR count). The van der Waals surface area contributed by atoms with Crippen molar-refractivity contribution in [3.05, 3.63) is 51.8 Å². The van der Waals surface area contributed by atoms with Crippen molar-refractivity contribution < 1.29 is 5.11 Å². The van der Waals surface area contributed by atoms with Gasteiger partial charge in [0.15, 0.2) is 0 Å². The van der Waals surface area contributed by atoms with Gasteiger partial charge in [-0.3, -0.25) is 4.68 Å². The molecular formula is C17H23ClN2O. The SMILES string of the molecule is CCc1nn(CC)c(CC(O)Cc2ccccc2C)c1Cl. The fraction of sp³-hybridized carbons (Fsp3) is 0.471. The Morgan fingerprint density at radius 3 is 2.57 bits per heavy atom. The van der Waals surface area contributed by atoms with Crippen LogP contribution in [0.25, 0.3) is 0 Å². The molecule has 1 atom stereocenters. The topological polar surface area (TPSA) is 38.0 Å². The molecule has 21 heavy (non-hydrogen) atoms. The van der Waals surface area contributed by atoms with E-state index in [4.69, 9.17) is 11.6 Å². The van der Waals surface area contributed by atoms with Crippen molar-refractivity contribution in [3.8, 4) is 0 Å². The molecule has 1 unspecified atom stereocenters. The van der Waals surface area contributed by atoms with E-state index in [1.807, 2.05) is 30.7 Å². The first-order valence-electron chi connectivity index (χ1n) is 7.53. The molecule has 0 aliphatic carbocycles. The van der Waals surface area contributed by atoms with E-state index in [0.29, 0.717) is 17.9 Å². The summed E-state index contributed by atoms with van der Waals surface area (Å²) < 4.78 is 1.90. The predicted octanol–water partition coefficient (Wildman–Crippen LogP) is 3.57. The number of aryl methyl sites for hydroxylation is 3. The molecule has 0 bridgehead atoms. The van der Waals surface area contributed by atoms with Gasteiger partial charge in [0.05, 0.1) is 22.5 Å². The Bertz CT molecular complexity index is 607. The Morgan fingerprint density at radius 1 is 1.24 bits per heavy atom. The lowest BCUT2D eigenvalue weighted by atomic mass is 10.00. The van der Waals surface area contributed by atoms with Gasteiger partial charge in [0.2, 0.25) is 0 Å². The summed E-state index contributed by atoms with van der Waals surface area (Å²) in [5, 5.41) is 15.6. The maximum atomic E-state index is 10.4. The molecule has 0 aliphatic heterocycles. The summed E-state index contributed by atoms with van der Waals surface area (Å²) in [6, 6.07) is 8.16. The molecule has 0 amide bonds. The van der Waals surface area contributed by atoms with E-state index < -0.39 is 6.10 Å². The molecule has 0 fully saturated rings. The monoisotopic (exact) mass is 306 g/mol. The summed E-state index contributed by atoms with van der Waals surface area (Å²) in [6.07, 6.45) is 1.54. The number of nitrogens with zero attached hydrogens (tertiary/aromatic N) is 2. The minimum atomic E-state index is -0.449. The average Bonchev–Trinajstić information content (AvgIpc) is 2.77. The van der Waals surface area contributed by atoms with Crippen LogP contribution in [0.5, 0.6) is 0 Å². The number of benzene rings is 1. The van der Waals surface area contributed by atoms with Gasteiger partial charge in [0, 0.05) is 13.0 Å². The molecule has 1 aromatic carbocycles. The van der Waals surface area contributed by atoms with Crippen molar-refractivity contribution in [2.75, 3.05) is 0 Å². The molecule has 0 saturated heterocycles. The highest BCUT2D eigenvalue weighted by Crippen LogP contribution is 2.24. The van der Waals surface area contributed by atoms with Gasteiger partial charge < -0.3 is 5.11 Å². The van der Waals surface area contributed by atoms with Gasteiger partial charge in [-0.15, -0.1) is 0 Å². The van der Waals surface area contributed by atoms with E-state index in [9.17, 15) is 5.11 Å². The molecule has 114 valence electrons. The third-order valence-corrected chi connectivity index (χ3v) is 4.28. The minimum absolute atomic E-state index is 0.449. The second-order valence-electron chi connectivity index (χ2n) is 5.37. The Labute approximate surface area is 131 Å². The van der Waals surface area contributed by atoms with Gasteiger partial charge in [-0.2, -0.15) is 5.10 Å². The summed E-state index contributed by atoms with van der Waals surface area (Å²) in [7, 11) is 0. The third-order valence-electron chi connectivity index (χ3n) is 3.84. The van der Waals surface area contributed by atoms with Crippen LogP contribution >= 0.6 is 11.6 Å². The van der Waals surface area contributed by atoms with Crippen LogP contribution < -0.4 is 0 Å². The minimum Gasteiger partial charge on any atom is -0.392 e. The Kier molecular flexibility index (Phi) is 5.43. The molecule has 3 nitrogen and oxygen atoms in total. The zero-order chi connectivity index (χ0) is 15.4. The number of halogens is 1. The maximum absolute atomic E-state index is 10.4. The van der Waals surface area contributed by atoms with Crippen LogP contribution in [0, 0.1) is 6.92 Å². The zero-order valence-corrected chi connectivity index (χ0v) is 13.7. The lowest BCUT2D eigenvalue weighted by Crippen LogP contribution is -2.17. The third kappa shape index (κ3) is 3.66. The summed E-state index contributed by atoms with van der Waals surface area (Å²) in [4.78, 5) is 0. The molecular weight excluding hydrogens is 284 g/mol. The highest BCUT2D eigenvalue weighted by atomic mass is 35.5.